The molecule has 0 aliphatic carbocycles. The second-order valence-corrected chi connectivity index (χ2v) is 11.0. The van der Waals surface area contributed by atoms with Crippen molar-refractivity contribution in [2.24, 2.45) is 9.39 Å². The third kappa shape index (κ3) is 3.70. The second kappa shape index (κ2) is 8.31. The zero-order valence-electron chi connectivity index (χ0n) is 18.8. The van der Waals surface area contributed by atoms with E-state index in [1.165, 1.54) is 0 Å². The number of carbonyl (C=O) groups is 1. The van der Waals surface area contributed by atoms with E-state index in [-0.39, 0.29) is 21.7 Å². The molecule has 1 aromatic heterocycles. The van der Waals surface area contributed by atoms with E-state index in [0.29, 0.717) is 11.3 Å². The Bertz CT molecular complexity index is 1380. The largest absolute Gasteiger partial charge is 0.495 e. The van der Waals surface area contributed by atoms with Gasteiger partial charge in [-0.25, -0.2) is 13.3 Å². The van der Waals surface area contributed by atoms with Crippen LogP contribution in [0.15, 0.2) is 45.3 Å². The molecule has 4 rings (SSSR count). The maximum Gasteiger partial charge on any atom is 0.283 e. The van der Waals surface area contributed by atoms with E-state index in [9.17, 15) is 13.2 Å². The quantitative estimate of drug-likeness (QED) is 0.523. The molecular formula is C22H23N5O4S2. The van der Waals surface area contributed by atoms with Gasteiger partial charge in [-0.05, 0) is 57.5 Å². The average molecular weight is 486 g/mol. The lowest BCUT2D eigenvalue weighted by Gasteiger charge is -2.25. The molecule has 0 saturated heterocycles. The van der Waals surface area contributed by atoms with E-state index < -0.39 is 21.0 Å². The molecule has 9 nitrogen and oxygen atoms in total. The summed E-state index contributed by atoms with van der Waals surface area (Å²) in [5, 5.41) is 7.70. The number of sulfone groups is 1. The number of aromatic nitrogens is 1. The third-order valence-corrected chi connectivity index (χ3v) is 8.31. The minimum Gasteiger partial charge on any atom is -0.495 e. The van der Waals surface area contributed by atoms with Gasteiger partial charge in [0, 0.05) is 11.4 Å². The van der Waals surface area contributed by atoms with Crippen LogP contribution < -0.4 is 4.74 Å². The third-order valence-electron chi connectivity index (χ3n) is 5.47. The van der Waals surface area contributed by atoms with Crippen molar-refractivity contribution in [1.82, 2.24) is 9.47 Å². The summed E-state index contributed by atoms with van der Waals surface area (Å²) < 4.78 is 37.0. The van der Waals surface area contributed by atoms with Crippen LogP contribution in [-0.2, 0) is 14.6 Å². The van der Waals surface area contributed by atoms with Gasteiger partial charge in [-0.2, -0.15) is 9.39 Å². The van der Waals surface area contributed by atoms with Crippen LogP contribution in [0.2, 0.25) is 0 Å². The summed E-state index contributed by atoms with van der Waals surface area (Å²) in [4.78, 5) is 17.9. The Labute approximate surface area is 196 Å². The molecule has 0 atom stereocenters. The van der Waals surface area contributed by atoms with Crippen LogP contribution in [0.25, 0.3) is 11.8 Å². The van der Waals surface area contributed by atoms with Crippen LogP contribution in [0.3, 0.4) is 0 Å². The molecule has 0 saturated carbocycles. The number of amidine groups is 3. The molecule has 3 heterocycles. The van der Waals surface area contributed by atoms with Crippen molar-refractivity contribution in [2.75, 3.05) is 7.11 Å². The number of carbonyl (C=O) groups excluding carboxylic acids is 1. The summed E-state index contributed by atoms with van der Waals surface area (Å²) in [5.74, 6) is -0.178. The van der Waals surface area contributed by atoms with Gasteiger partial charge in [0.2, 0.25) is 20.2 Å². The molecule has 1 N–H and O–H groups in total. The van der Waals surface area contributed by atoms with Crippen molar-refractivity contribution in [3.63, 3.8) is 0 Å². The Kier molecular flexibility index (Phi) is 5.79. The van der Waals surface area contributed by atoms with E-state index in [4.69, 9.17) is 10.1 Å². The Morgan fingerprint density at radius 2 is 1.91 bits per heavy atom. The lowest BCUT2D eigenvalue weighted by Crippen LogP contribution is -2.46. The van der Waals surface area contributed by atoms with Crippen molar-refractivity contribution >= 4 is 49.9 Å². The van der Waals surface area contributed by atoms with Crippen LogP contribution in [0.4, 0.5) is 0 Å². The molecular weight excluding hydrogens is 462 g/mol. The van der Waals surface area contributed by atoms with Crippen LogP contribution in [-0.4, -0.2) is 52.3 Å². The van der Waals surface area contributed by atoms with Crippen LogP contribution in [0, 0.1) is 19.3 Å². The first kappa shape index (κ1) is 23.0. The fraction of sp³-hybridized carbons (Fsp3) is 0.273. The molecule has 2 aromatic rings. The fourth-order valence-corrected chi connectivity index (χ4v) is 5.73. The number of aliphatic imine (C=N–C) groups is 1. The molecule has 0 unspecified atom stereocenters. The van der Waals surface area contributed by atoms with Crippen molar-refractivity contribution in [1.29, 1.82) is 5.41 Å². The standard InChI is InChI=1S/C22H23N5O4S2/c1-12(2)33(29,30)22-25-32-21-24-20(28)16(19(23)27(21)22)11-15-10-13(3)26(14(15)4)17-8-6-7-9-18(17)31-5/h6-12,23H,1-5H3/b16-11-,23-19?. The lowest BCUT2D eigenvalue weighted by molar-refractivity contribution is -0.114. The van der Waals surface area contributed by atoms with Crippen LogP contribution in [0.5, 0.6) is 5.75 Å². The summed E-state index contributed by atoms with van der Waals surface area (Å²) in [7, 11) is -2.17. The van der Waals surface area contributed by atoms with Gasteiger partial charge in [-0.3, -0.25) is 10.2 Å². The van der Waals surface area contributed by atoms with E-state index in [0.717, 1.165) is 33.9 Å². The number of amides is 1. The number of benzene rings is 1. The number of fused-ring (bicyclic) bond motifs is 1. The van der Waals surface area contributed by atoms with E-state index in [1.54, 1.807) is 27.0 Å². The number of ether oxygens (including phenoxy) is 1. The van der Waals surface area contributed by atoms with Crippen LogP contribution in [0.1, 0.15) is 30.8 Å². The topological polar surface area (TPSA) is 117 Å². The summed E-state index contributed by atoms with van der Waals surface area (Å²) in [6, 6.07) is 9.49. The van der Waals surface area contributed by atoms with Gasteiger partial charge in [0.1, 0.15) is 11.6 Å². The van der Waals surface area contributed by atoms with Gasteiger partial charge in [0.15, 0.2) is 0 Å². The van der Waals surface area contributed by atoms with E-state index in [1.807, 2.05) is 48.7 Å². The number of para-hydroxylation sites is 2. The van der Waals surface area contributed by atoms with Gasteiger partial charge in [0.05, 0.1) is 35.6 Å². The predicted molar refractivity (Wildman–Crippen MR) is 131 cm³/mol. The number of rotatable bonds is 4. The first-order valence-electron chi connectivity index (χ1n) is 10.1. The van der Waals surface area contributed by atoms with Gasteiger partial charge >= 0.3 is 0 Å². The molecule has 0 bridgehead atoms. The summed E-state index contributed by atoms with van der Waals surface area (Å²) in [6.07, 6.45) is 1.57. The molecule has 1 amide bonds. The van der Waals surface area contributed by atoms with Crippen LogP contribution >= 0.6 is 11.9 Å². The number of methoxy groups -OCH3 is 1. The first-order valence-corrected chi connectivity index (χ1v) is 12.4. The van der Waals surface area contributed by atoms with E-state index >= 15 is 0 Å². The van der Waals surface area contributed by atoms with Gasteiger partial charge in [-0.1, -0.05) is 12.1 Å². The maximum absolute atomic E-state index is 12.8. The molecule has 2 aliphatic rings. The van der Waals surface area contributed by atoms with Gasteiger partial charge < -0.3 is 9.30 Å². The zero-order chi connectivity index (χ0) is 24.1. The number of nitrogens with one attached hydrogen (secondary N) is 1. The first-order chi connectivity index (χ1) is 15.6. The van der Waals surface area contributed by atoms with E-state index in [2.05, 4.69) is 9.39 Å². The second-order valence-electron chi connectivity index (χ2n) is 7.83. The van der Waals surface area contributed by atoms with Gasteiger partial charge in [0.25, 0.3) is 5.91 Å². The van der Waals surface area contributed by atoms with Crippen molar-refractivity contribution in [3.05, 3.63) is 52.9 Å². The normalized spacial score (nSPS) is 17.5. The highest BCUT2D eigenvalue weighted by atomic mass is 32.2. The Balaban J connectivity index is 1.79. The lowest BCUT2D eigenvalue weighted by atomic mass is 10.1. The molecule has 172 valence electrons. The Morgan fingerprint density at radius 3 is 2.58 bits per heavy atom. The minimum absolute atomic E-state index is 0.00631. The minimum atomic E-state index is -3.77. The summed E-state index contributed by atoms with van der Waals surface area (Å²) >= 11 is 0.783. The summed E-state index contributed by atoms with van der Waals surface area (Å²) in [6.45, 7) is 6.92. The zero-order valence-corrected chi connectivity index (χ0v) is 20.4. The molecule has 11 heteroatoms. The highest BCUT2D eigenvalue weighted by Crippen LogP contribution is 2.33. The summed E-state index contributed by atoms with van der Waals surface area (Å²) in [5.41, 5.74) is 3.29. The monoisotopic (exact) mass is 485 g/mol. The highest BCUT2D eigenvalue weighted by molar-refractivity contribution is 8.16. The molecule has 1 aromatic carbocycles. The van der Waals surface area contributed by atoms with Gasteiger partial charge in [-0.15, -0.1) is 0 Å². The fourth-order valence-electron chi connectivity index (χ4n) is 3.67. The van der Waals surface area contributed by atoms with Crippen molar-refractivity contribution in [3.8, 4) is 11.4 Å². The average Bonchev–Trinajstić information content (AvgIpc) is 3.32. The molecule has 0 radical (unpaired) electrons. The SMILES string of the molecule is COc1ccccc1-n1c(C)cc(/C=C2/C(=N)N3C(=NC2=O)SN=C3S(=O)(=O)C(C)C)c1C. The van der Waals surface area contributed by atoms with Crippen molar-refractivity contribution < 1.29 is 17.9 Å². The molecule has 0 fully saturated rings. The number of nitrogens with zero attached hydrogens (tertiary/aromatic N) is 4. The highest BCUT2D eigenvalue weighted by Gasteiger charge is 2.43. The molecule has 2 aliphatic heterocycles. The number of hydrogen-bond acceptors (Lipinski definition) is 7. The number of hydrogen-bond donors (Lipinski definition) is 1. The Morgan fingerprint density at radius 1 is 1.21 bits per heavy atom. The molecule has 0 spiro atoms. The molecule has 33 heavy (non-hydrogen) atoms. The predicted octanol–water partition coefficient (Wildman–Crippen LogP) is 3.50. The maximum atomic E-state index is 12.8. The van der Waals surface area contributed by atoms with Crippen molar-refractivity contribution in [2.45, 2.75) is 32.9 Å². The smallest absolute Gasteiger partial charge is 0.283 e. The number of aryl methyl sites for hydroxylation is 1. The Hall–Kier alpha value is -3.18.